The van der Waals surface area contributed by atoms with Gasteiger partial charge in [0.05, 0.1) is 34.1 Å². The van der Waals surface area contributed by atoms with Gasteiger partial charge in [-0.2, -0.15) is 5.10 Å². The molecule has 0 radical (unpaired) electrons. The molecule has 0 heterocycles. The number of esters is 1. The Labute approximate surface area is 152 Å². The Morgan fingerprint density at radius 3 is 2.42 bits per heavy atom. The zero-order chi connectivity index (χ0) is 18.8. The number of hydrogen-bond donors (Lipinski definition) is 1. The highest BCUT2D eigenvalue weighted by atomic mass is 16.6. The van der Waals surface area contributed by atoms with Crippen molar-refractivity contribution < 1.29 is 23.7 Å². The monoisotopic (exact) mass is 358 g/mol. The van der Waals surface area contributed by atoms with E-state index in [1.165, 1.54) is 7.11 Å². The first-order valence-corrected chi connectivity index (χ1v) is 7.92. The molecular weight excluding hydrogens is 336 g/mol. The molecule has 26 heavy (non-hydrogen) atoms. The van der Waals surface area contributed by atoms with E-state index in [0.717, 1.165) is 11.1 Å². The number of carbonyl (C=O) groups is 1. The molecule has 0 bridgehead atoms. The van der Waals surface area contributed by atoms with Gasteiger partial charge in [-0.3, -0.25) is 0 Å². The maximum absolute atomic E-state index is 11.0. The van der Waals surface area contributed by atoms with E-state index >= 15 is 0 Å². The molecule has 0 amide bonds. The normalized spacial score (nSPS) is 10.4. The number of ether oxygens (including phenoxy) is 4. The average Bonchev–Trinajstić information content (AvgIpc) is 2.69. The summed E-state index contributed by atoms with van der Waals surface area (Å²) < 4.78 is 20.3. The van der Waals surface area contributed by atoms with E-state index in [9.17, 15) is 4.79 Å². The number of hydrazone groups is 1. The van der Waals surface area contributed by atoms with Gasteiger partial charge in [-0.1, -0.05) is 6.07 Å². The number of benzene rings is 2. The van der Waals surface area contributed by atoms with Gasteiger partial charge in [0.15, 0.2) is 18.1 Å². The molecule has 0 saturated heterocycles. The van der Waals surface area contributed by atoms with Crippen LogP contribution in [0.2, 0.25) is 0 Å². The van der Waals surface area contributed by atoms with Gasteiger partial charge in [-0.15, -0.1) is 0 Å². The summed E-state index contributed by atoms with van der Waals surface area (Å²) >= 11 is 0. The highest BCUT2D eigenvalue weighted by molar-refractivity contribution is 5.79. The van der Waals surface area contributed by atoms with Crippen molar-refractivity contribution in [3.05, 3.63) is 53.6 Å². The number of nitrogens with zero attached hydrogens (tertiary/aromatic N) is 1. The first-order valence-electron chi connectivity index (χ1n) is 7.92. The van der Waals surface area contributed by atoms with Crippen LogP contribution in [0.5, 0.6) is 17.2 Å². The third kappa shape index (κ3) is 5.70. The number of methoxy groups -OCH3 is 3. The molecule has 1 N–H and O–H groups in total. The Hall–Kier alpha value is -3.22. The van der Waals surface area contributed by atoms with Gasteiger partial charge in [0.25, 0.3) is 0 Å². The summed E-state index contributed by atoms with van der Waals surface area (Å²) in [5.74, 6) is 1.54. The van der Waals surface area contributed by atoms with Crippen LogP contribution >= 0.6 is 0 Å². The summed E-state index contributed by atoms with van der Waals surface area (Å²) in [6.07, 6.45) is 1.70. The van der Waals surface area contributed by atoms with Gasteiger partial charge < -0.3 is 24.4 Å². The Balaban J connectivity index is 1.84. The van der Waals surface area contributed by atoms with Crippen molar-refractivity contribution in [2.75, 3.05) is 27.9 Å². The van der Waals surface area contributed by atoms with Crippen LogP contribution in [-0.2, 0) is 16.1 Å². The zero-order valence-electron chi connectivity index (χ0n) is 15.0. The molecule has 0 spiro atoms. The summed E-state index contributed by atoms with van der Waals surface area (Å²) in [5.41, 5.74) is 4.90. The lowest BCUT2D eigenvalue weighted by Crippen LogP contribution is -2.12. The van der Waals surface area contributed by atoms with Gasteiger partial charge in [-0.25, -0.2) is 4.79 Å². The fourth-order valence-electron chi connectivity index (χ4n) is 2.10. The second-order valence-electron chi connectivity index (χ2n) is 5.22. The fourth-order valence-corrected chi connectivity index (χ4v) is 2.10. The third-order valence-corrected chi connectivity index (χ3v) is 3.50. The van der Waals surface area contributed by atoms with E-state index < -0.39 is 5.97 Å². The van der Waals surface area contributed by atoms with Crippen molar-refractivity contribution >= 4 is 12.2 Å². The molecule has 0 fully saturated rings. The highest BCUT2D eigenvalue weighted by Gasteiger charge is 2.04. The maximum atomic E-state index is 11.0. The Kier molecular flexibility index (Phi) is 7.30. The molecule has 0 aromatic heterocycles. The molecule has 7 nitrogen and oxygen atoms in total. The topological polar surface area (TPSA) is 78.4 Å². The fraction of sp³-hybridized carbons (Fsp3) is 0.263. The molecule has 2 aromatic carbocycles. The standard InChI is InChI=1S/C19H22N2O5/c1-23-17-9-6-15(10-18(17)24-2)12-21-20-11-14-4-7-16(8-5-14)26-13-19(22)25-3/h4-11,21H,12-13H2,1-3H3/b20-11+. The molecule has 0 aliphatic rings. The van der Waals surface area contributed by atoms with Gasteiger partial charge >= 0.3 is 5.97 Å². The van der Waals surface area contributed by atoms with E-state index in [4.69, 9.17) is 14.2 Å². The van der Waals surface area contributed by atoms with E-state index in [2.05, 4.69) is 15.3 Å². The van der Waals surface area contributed by atoms with Crippen LogP contribution in [0.1, 0.15) is 11.1 Å². The van der Waals surface area contributed by atoms with E-state index in [-0.39, 0.29) is 6.61 Å². The first kappa shape index (κ1) is 19.1. The summed E-state index contributed by atoms with van der Waals surface area (Å²) in [5, 5.41) is 4.19. The summed E-state index contributed by atoms with van der Waals surface area (Å²) in [7, 11) is 4.53. The van der Waals surface area contributed by atoms with Crippen LogP contribution in [-0.4, -0.2) is 40.1 Å². The molecule has 2 rings (SSSR count). The molecule has 0 unspecified atom stereocenters. The van der Waals surface area contributed by atoms with Crippen molar-refractivity contribution in [3.63, 3.8) is 0 Å². The second-order valence-corrected chi connectivity index (χ2v) is 5.22. The SMILES string of the molecule is COC(=O)COc1ccc(/C=N/NCc2ccc(OC)c(OC)c2)cc1. The van der Waals surface area contributed by atoms with E-state index in [1.807, 2.05) is 30.3 Å². The molecule has 0 atom stereocenters. The molecule has 7 heteroatoms. The minimum absolute atomic E-state index is 0.114. The van der Waals surface area contributed by atoms with Crippen LogP contribution in [0.4, 0.5) is 0 Å². The smallest absolute Gasteiger partial charge is 0.343 e. The zero-order valence-corrected chi connectivity index (χ0v) is 15.0. The highest BCUT2D eigenvalue weighted by Crippen LogP contribution is 2.27. The van der Waals surface area contributed by atoms with Crippen LogP contribution in [0.15, 0.2) is 47.6 Å². The predicted molar refractivity (Wildman–Crippen MR) is 97.9 cm³/mol. The van der Waals surface area contributed by atoms with Crippen molar-refractivity contribution in [2.45, 2.75) is 6.54 Å². The maximum Gasteiger partial charge on any atom is 0.343 e. The lowest BCUT2D eigenvalue weighted by molar-refractivity contribution is -0.142. The summed E-state index contributed by atoms with van der Waals surface area (Å²) in [6, 6.07) is 12.9. The van der Waals surface area contributed by atoms with E-state index in [1.54, 1.807) is 32.6 Å². The van der Waals surface area contributed by atoms with Crippen LogP contribution in [0.3, 0.4) is 0 Å². The second kappa shape index (κ2) is 9.93. The molecule has 0 aliphatic carbocycles. The molecular formula is C19H22N2O5. The molecule has 138 valence electrons. The number of nitrogens with one attached hydrogen (secondary N) is 1. The van der Waals surface area contributed by atoms with Crippen molar-refractivity contribution in [2.24, 2.45) is 5.10 Å². The quantitative estimate of drug-likeness (QED) is 0.421. The first-order chi connectivity index (χ1) is 12.7. The Morgan fingerprint density at radius 1 is 1.04 bits per heavy atom. The lowest BCUT2D eigenvalue weighted by atomic mass is 10.2. The van der Waals surface area contributed by atoms with Crippen molar-refractivity contribution in [1.82, 2.24) is 5.43 Å². The van der Waals surface area contributed by atoms with Crippen molar-refractivity contribution in [1.29, 1.82) is 0 Å². The minimum Gasteiger partial charge on any atom is -0.493 e. The third-order valence-electron chi connectivity index (χ3n) is 3.50. The minimum atomic E-state index is -0.421. The van der Waals surface area contributed by atoms with Gasteiger partial charge in [0, 0.05) is 0 Å². The van der Waals surface area contributed by atoms with Crippen molar-refractivity contribution in [3.8, 4) is 17.2 Å². The van der Waals surface area contributed by atoms with Gasteiger partial charge in [0.2, 0.25) is 0 Å². The van der Waals surface area contributed by atoms with Gasteiger partial charge in [-0.05, 0) is 47.5 Å². The number of rotatable bonds is 9. The van der Waals surface area contributed by atoms with Gasteiger partial charge in [0.1, 0.15) is 5.75 Å². The predicted octanol–water partition coefficient (Wildman–Crippen LogP) is 2.38. The average molecular weight is 358 g/mol. The Bertz CT molecular complexity index is 744. The Morgan fingerprint density at radius 2 is 1.77 bits per heavy atom. The summed E-state index contributed by atoms with van der Waals surface area (Å²) in [6.45, 7) is 0.438. The molecule has 2 aromatic rings. The number of hydrogen-bond acceptors (Lipinski definition) is 7. The van der Waals surface area contributed by atoms with E-state index in [0.29, 0.717) is 23.8 Å². The lowest BCUT2D eigenvalue weighted by Gasteiger charge is -2.09. The van der Waals surface area contributed by atoms with Crippen LogP contribution in [0.25, 0.3) is 0 Å². The largest absolute Gasteiger partial charge is 0.493 e. The number of carbonyl (C=O) groups excluding carboxylic acids is 1. The summed E-state index contributed by atoms with van der Waals surface area (Å²) in [4.78, 5) is 11.0. The van der Waals surface area contributed by atoms with Crippen LogP contribution in [0, 0.1) is 0 Å². The van der Waals surface area contributed by atoms with Crippen LogP contribution < -0.4 is 19.6 Å². The molecule has 0 aliphatic heterocycles. The molecule has 0 saturated carbocycles.